The van der Waals surface area contributed by atoms with Gasteiger partial charge in [-0.1, -0.05) is 5.11 Å². The van der Waals surface area contributed by atoms with E-state index in [9.17, 15) is 0 Å². The highest BCUT2D eigenvalue weighted by molar-refractivity contribution is 4.69. The van der Waals surface area contributed by atoms with E-state index < -0.39 is 0 Å². The molecule has 0 atom stereocenters. The molecule has 0 unspecified atom stereocenters. The second-order valence-corrected chi connectivity index (χ2v) is 0.863. The van der Waals surface area contributed by atoms with Crippen LogP contribution in [0.15, 0.2) is 5.11 Å². The summed E-state index contributed by atoms with van der Waals surface area (Å²) in [5.74, 6) is 0. The van der Waals surface area contributed by atoms with E-state index in [1.807, 2.05) is 6.07 Å². The van der Waals surface area contributed by atoms with Gasteiger partial charge in [-0.2, -0.15) is 5.26 Å². The van der Waals surface area contributed by atoms with Crippen molar-refractivity contribution in [2.75, 3.05) is 6.54 Å². The molecule has 0 heterocycles. The van der Waals surface area contributed by atoms with E-state index in [2.05, 4.69) is 10.0 Å². The van der Waals surface area contributed by atoms with Crippen LogP contribution in [-0.2, 0) is 0 Å². The van der Waals surface area contributed by atoms with E-state index in [0.29, 0.717) is 6.42 Å². The van der Waals surface area contributed by atoms with Crippen LogP contribution in [0.3, 0.4) is 0 Å². The van der Waals surface area contributed by atoms with E-state index >= 15 is 0 Å². The highest BCUT2D eigenvalue weighted by atomic mass is 15.1. The zero-order valence-corrected chi connectivity index (χ0v) is 3.70. The lowest BCUT2D eigenvalue weighted by Crippen LogP contribution is -1.69. The Morgan fingerprint density at radius 2 is 2.57 bits per heavy atom. The van der Waals surface area contributed by atoms with Crippen LogP contribution in [0, 0.1) is 11.3 Å². The molecule has 0 N–H and O–H groups in total. The average Bonchev–Trinajstić information content (AvgIpc) is 1.69. The SMILES string of the molecule is N#CCCN=[N+]=[N-]. The van der Waals surface area contributed by atoms with Gasteiger partial charge < -0.3 is 0 Å². The summed E-state index contributed by atoms with van der Waals surface area (Å²) in [4.78, 5) is 2.45. The first-order chi connectivity index (χ1) is 3.41. The van der Waals surface area contributed by atoms with Crippen molar-refractivity contribution in [2.45, 2.75) is 6.42 Å². The van der Waals surface area contributed by atoms with Gasteiger partial charge in [0.2, 0.25) is 0 Å². The summed E-state index contributed by atoms with van der Waals surface area (Å²) in [5.41, 5.74) is 7.64. The molecular formula is C3H4N4. The largest absolute Gasteiger partial charge is 0.198 e. The molecule has 0 aliphatic rings. The Hall–Kier alpha value is -1.20. The second kappa shape index (κ2) is 4.80. The van der Waals surface area contributed by atoms with Crippen molar-refractivity contribution in [3.63, 3.8) is 0 Å². The van der Waals surface area contributed by atoms with E-state index in [4.69, 9.17) is 10.8 Å². The molecule has 0 aromatic heterocycles. The van der Waals surface area contributed by atoms with Crippen LogP contribution in [0.5, 0.6) is 0 Å². The van der Waals surface area contributed by atoms with Gasteiger partial charge in [0.15, 0.2) is 0 Å². The lowest BCUT2D eigenvalue weighted by atomic mass is 10.5. The van der Waals surface area contributed by atoms with Crippen LogP contribution in [-0.4, -0.2) is 6.54 Å². The molecule has 7 heavy (non-hydrogen) atoms. The van der Waals surface area contributed by atoms with Crippen LogP contribution in [0.2, 0.25) is 0 Å². The minimum Gasteiger partial charge on any atom is -0.198 e. The highest BCUT2D eigenvalue weighted by Crippen LogP contribution is 1.75. The molecule has 0 saturated carbocycles. The van der Waals surface area contributed by atoms with Crippen LogP contribution >= 0.6 is 0 Å². The minimum atomic E-state index is 0.285. The van der Waals surface area contributed by atoms with Crippen LogP contribution < -0.4 is 0 Å². The summed E-state index contributed by atoms with van der Waals surface area (Å²) < 4.78 is 0. The van der Waals surface area contributed by atoms with Gasteiger partial charge in [0.1, 0.15) is 0 Å². The van der Waals surface area contributed by atoms with Crippen molar-refractivity contribution in [1.29, 1.82) is 5.26 Å². The van der Waals surface area contributed by atoms with Crippen LogP contribution in [0.1, 0.15) is 6.42 Å². The van der Waals surface area contributed by atoms with Gasteiger partial charge in [-0.3, -0.25) is 0 Å². The number of hydrogen-bond donors (Lipinski definition) is 0. The van der Waals surface area contributed by atoms with Crippen molar-refractivity contribution in [3.8, 4) is 6.07 Å². The number of nitriles is 1. The Kier molecular flexibility index (Phi) is 3.98. The Balaban J connectivity index is 3.03. The normalized spacial score (nSPS) is 6.14. The van der Waals surface area contributed by atoms with Crippen molar-refractivity contribution < 1.29 is 0 Å². The Morgan fingerprint density at radius 3 is 3.00 bits per heavy atom. The molecule has 36 valence electrons. The van der Waals surface area contributed by atoms with Gasteiger partial charge in [0, 0.05) is 17.9 Å². The summed E-state index contributed by atoms with van der Waals surface area (Å²) in [6.07, 6.45) is 0.310. The smallest absolute Gasteiger partial charge is 0.0623 e. The third-order valence-electron chi connectivity index (χ3n) is 0.387. The summed E-state index contributed by atoms with van der Waals surface area (Å²) >= 11 is 0. The standard InChI is InChI=1S/C3H4N4/c4-2-1-3-6-7-5/h1,3H2. The lowest BCUT2D eigenvalue weighted by Gasteiger charge is -1.69. The maximum atomic E-state index is 7.86. The first kappa shape index (κ1) is 5.80. The minimum absolute atomic E-state index is 0.285. The number of rotatable bonds is 2. The third kappa shape index (κ3) is 4.80. The molecule has 0 aromatic rings. The molecule has 0 amide bonds. The molecular weight excluding hydrogens is 92.1 g/mol. The topological polar surface area (TPSA) is 72.5 Å². The Bertz CT molecular complexity index is 115. The van der Waals surface area contributed by atoms with E-state index in [1.54, 1.807) is 0 Å². The molecule has 0 fully saturated rings. The first-order valence-electron chi connectivity index (χ1n) is 1.79. The quantitative estimate of drug-likeness (QED) is 0.220. The fourth-order valence-corrected chi connectivity index (χ4v) is 0.145. The molecule has 0 bridgehead atoms. The van der Waals surface area contributed by atoms with E-state index in [-0.39, 0.29) is 6.54 Å². The first-order valence-corrected chi connectivity index (χ1v) is 1.79. The van der Waals surface area contributed by atoms with Gasteiger partial charge in [0.25, 0.3) is 0 Å². The molecule has 0 saturated heterocycles. The van der Waals surface area contributed by atoms with Crippen molar-refractivity contribution >= 4 is 0 Å². The fourth-order valence-electron chi connectivity index (χ4n) is 0.145. The zero-order chi connectivity index (χ0) is 5.54. The Labute approximate surface area is 41.0 Å². The van der Waals surface area contributed by atoms with Gasteiger partial charge >= 0.3 is 0 Å². The van der Waals surface area contributed by atoms with E-state index in [0.717, 1.165) is 0 Å². The molecule has 0 radical (unpaired) electrons. The summed E-state index contributed by atoms with van der Waals surface area (Å²) in [6.45, 7) is 0.285. The zero-order valence-electron chi connectivity index (χ0n) is 3.70. The molecule has 0 aromatic carbocycles. The van der Waals surface area contributed by atoms with Crippen LogP contribution in [0.4, 0.5) is 0 Å². The maximum Gasteiger partial charge on any atom is 0.0623 e. The molecule has 0 spiro atoms. The summed E-state index contributed by atoms with van der Waals surface area (Å²) in [6, 6.07) is 1.84. The predicted octanol–water partition coefficient (Wildman–Crippen LogP) is 1.21. The lowest BCUT2D eigenvalue weighted by molar-refractivity contribution is 1.00. The van der Waals surface area contributed by atoms with Gasteiger partial charge in [-0.25, -0.2) is 0 Å². The molecule has 0 rings (SSSR count). The number of nitrogens with zero attached hydrogens (tertiary/aromatic N) is 4. The average molecular weight is 96.1 g/mol. The van der Waals surface area contributed by atoms with Gasteiger partial charge in [-0.15, -0.1) is 0 Å². The molecule has 0 aliphatic heterocycles. The molecule has 4 nitrogen and oxygen atoms in total. The van der Waals surface area contributed by atoms with E-state index in [1.165, 1.54) is 0 Å². The molecule has 4 heteroatoms. The second-order valence-electron chi connectivity index (χ2n) is 0.863. The summed E-state index contributed by atoms with van der Waals surface area (Å²) in [7, 11) is 0. The van der Waals surface area contributed by atoms with Gasteiger partial charge in [-0.05, 0) is 5.53 Å². The maximum absolute atomic E-state index is 7.86. The van der Waals surface area contributed by atoms with Gasteiger partial charge in [0.05, 0.1) is 6.07 Å². The van der Waals surface area contributed by atoms with Crippen molar-refractivity contribution in [1.82, 2.24) is 0 Å². The monoisotopic (exact) mass is 96.0 g/mol. The highest BCUT2D eigenvalue weighted by Gasteiger charge is 1.72. The van der Waals surface area contributed by atoms with Crippen molar-refractivity contribution in [2.24, 2.45) is 5.11 Å². The Morgan fingerprint density at radius 1 is 1.86 bits per heavy atom. The fraction of sp³-hybridized carbons (Fsp3) is 0.667. The predicted molar refractivity (Wildman–Crippen MR) is 24.2 cm³/mol. The number of hydrogen-bond acceptors (Lipinski definition) is 2. The van der Waals surface area contributed by atoms with Crippen molar-refractivity contribution in [3.05, 3.63) is 10.4 Å². The third-order valence-corrected chi connectivity index (χ3v) is 0.387. The molecule has 0 aliphatic carbocycles. The number of azide groups is 1. The summed E-state index contributed by atoms with van der Waals surface area (Å²) in [5, 5.41) is 11.0. The van der Waals surface area contributed by atoms with Crippen LogP contribution in [0.25, 0.3) is 10.4 Å².